The Morgan fingerprint density at radius 3 is 2.63 bits per heavy atom. The molecular weight excluding hydrogens is 378 g/mol. The number of rotatable bonds is 6. The first-order valence-corrected chi connectivity index (χ1v) is 10.3. The van der Waals surface area contributed by atoms with Crippen molar-refractivity contribution in [2.75, 3.05) is 31.5 Å². The average Bonchev–Trinajstić information content (AvgIpc) is 3.18. The Kier molecular flexibility index (Phi) is 5.90. The summed E-state index contributed by atoms with van der Waals surface area (Å²) in [5.41, 5.74) is 3.93. The van der Waals surface area contributed by atoms with Gasteiger partial charge in [-0.3, -0.25) is 9.59 Å². The highest BCUT2D eigenvalue weighted by Crippen LogP contribution is 2.25. The molecule has 7 nitrogen and oxygen atoms in total. The number of para-hydroxylation sites is 1. The number of piperazine rings is 1. The minimum atomic E-state index is -0.135. The summed E-state index contributed by atoms with van der Waals surface area (Å²) in [5.74, 6) is 0.461. The van der Waals surface area contributed by atoms with Gasteiger partial charge in [0.2, 0.25) is 0 Å². The van der Waals surface area contributed by atoms with E-state index in [1.807, 2.05) is 36.4 Å². The molecule has 2 aromatic carbocycles. The second-order valence-electron chi connectivity index (χ2n) is 7.46. The molecule has 7 heteroatoms. The van der Waals surface area contributed by atoms with Gasteiger partial charge in [0.1, 0.15) is 5.82 Å². The van der Waals surface area contributed by atoms with Gasteiger partial charge in [-0.2, -0.15) is 5.10 Å². The van der Waals surface area contributed by atoms with Crippen molar-refractivity contribution >= 4 is 17.6 Å². The van der Waals surface area contributed by atoms with Crippen LogP contribution in [0, 0.1) is 0 Å². The van der Waals surface area contributed by atoms with E-state index in [0.717, 1.165) is 34.8 Å². The van der Waals surface area contributed by atoms with Gasteiger partial charge in [-0.05, 0) is 24.1 Å². The van der Waals surface area contributed by atoms with Crippen LogP contribution < -0.4 is 15.5 Å². The molecule has 0 spiro atoms. The predicted molar refractivity (Wildman–Crippen MR) is 116 cm³/mol. The minimum Gasteiger partial charge on any atom is -0.346 e. The summed E-state index contributed by atoms with van der Waals surface area (Å²) in [6.07, 6.45) is 0.983. The van der Waals surface area contributed by atoms with Crippen LogP contribution in [0.25, 0.3) is 16.9 Å². The molecule has 1 saturated heterocycles. The van der Waals surface area contributed by atoms with Crippen LogP contribution in [0.3, 0.4) is 0 Å². The molecule has 0 aliphatic carbocycles. The molecule has 3 aromatic rings. The molecule has 0 radical (unpaired) electrons. The van der Waals surface area contributed by atoms with Crippen molar-refractivity contribution in [3.8, 4) is 16.9 Å². The van der Waals surface area contributed by atoms with Crippen LogP contribution in [0.1, 0.15) is 12.5 Å². The number of aromatic nitrogens is 2. The van der Waals surface area contributed by atoms with E-state index in [9.17, 15) is 9.59 Å². The second-order valence-corrected chi connectivity index (χ2v) is 7.46. The lowest BCUT2D eigenvalue weighted by molar-refractivity contribution is -0.885. The molecule has 1 fully saturated rings. The molecule has 1 atom stereocenters. The monoisotopic (exact) mass is 404 g/mol. The smallest absolute Gasteiger partial charge is 0.280 e. The van der Waals surface area contributed by atoms with E-state index in [2.05, 4.69) is 41.8 Å². The molecule has 0 saturated carbocycles. The Morgan fingerprint density at radius 1 is 1.17 bits per heavy atom. The second kappa shape index (κ2) is 8.92. The summed E-state index contributed by atoms with van der Waals surface area (Å²) in [4.78, 5) is 25.2. The first-order valence-electron chi connectivity index (χ1n) is 10.3. The Balaban J connectivity index is 1.59. The number of hydrogen-bond donors (Lipinski definition) is 3. The molecular formula is C23H26N5O2+. The lowest BCUT2D eigenvalue weighted by atomic mass is 10.1. The molecule has 0 bridgehead atoms. The van der Waals surface area contributed by atoms with Crippen LogP contribution in [0.2, 0.25) is 0 Å². The zero-order chi connectivity index (χ0) is 20.9. The summed E-state index contributed by atoms with van der Waals surface area (Å²) >= 11 is 0. The topological polar surface area (TPSA) is 80.5 Å². The van der Waals surface area contributed by atoms with E-state index in [1.54, 1.807) is 4.68 Å². The third-order valence-corrected chi connectivity index (χ3v) is 5.26. The lowest BCUT2D eigenvalue weighted by Crippen LogP contribution is -3.16. The molecule has 2 heterocycles. The summed E-state index contributed by atoms with van der Waals surface area (Å²) in [6, 6.07) is 19.9. The number of aryl methyl sites for hydroxylation is 1. The standard InChI is InChI=1S/C23H25N5O2/c1-2-17-8-10-18(11-9-17)20-14-21(28(26-20)19-6-4-3-5-7-19)25-23(30)16-27-13-12-24-22(29)15-27/h3-11,14H,2,12-13,15-16H2,1H3,(H,24,29)(H,25,30)/p+1. The lowest BCUT2D eigenvalue weighted by Gasteiger charge is -2.22. The molecule has 1 aliphatic rings. The van der Waals surface area contributed by atoms with E-state index in [1.165, 1.54) is 5.56 Å². The van der Waals surface area contributed by atoms with Crippen LogP contribution in [0.5, 0.6) is 0 Å². The van der Waals surface area contributed by atoms with Crippen LogP contribution in [-0.2, 0) is 16.0 Å². The van der Waals surface area contributed by atoms with Gasteiger partial charge >= 0.3 is 0 Å². The maximum Gasteiger partial charge on any atom is 0.280 e. The number of carbonyl (C=O) groups is 2. The Hall–Kier alpha value is -3.45. The number of quaternary nitrogens is 1. The zero-order valence-corrected chi connectivity index (χ0v) is 17.0. The van der Waals surface area contributed by atoms with E-state index in [0.29, 0.717) is 18.9 Å². The predicted octanol–water partition coefficient (Wildman–Crippen LogP) is 1.05. The van der Waals surface area contributed by atoms with Crippen molar-refractivity contribution in [1.82, 2.24) is 15.1 Å². The fraction of sp³-hybridized carbons (Fsp3) is 0.261. The largest absolute Gasteiger partial charge is 0.346 e. The molecule has 4 rings (SSSR count). The third kappa shape index (κ3) is 4.58. The number of hydrogen-bond acceptors (Lipinski definition) is 3. The highest BCUT2D eigenvalue weighted by atomic mass is 16.2. The summed E-state index contributed by atoms with van der Waals surface area (Å²) in [7, 11) is 0. The van der Waals surface area contributed by atoms with E-state index in [-0.39, 0.29) is 18.4 Å². The molecule has 30 heavy (non-hydrogen) atoms. The Labute approximate surface area is 175 Å². The molecule has 1 aliphatic heterocycles. The number of nitrogens with zero attached hydrogens (tertiary/aromatic N) is 2. The van der Waals surface area contributed by atoms with Crippen LogP contribution in [0.4, 0.5) is 5.82 Å². The van der Waals surface area contributed by atoms with E-state index in [4.69, 9.17) is 5.10 Å². The van der Waals surface area contributed by atoms with Crippen molar-refractivity contribution < 1.29 is 14.5 Å². The number of benzene rings is 2. The van der Waals surface area contributed by atoms with Gasteiger partial charge in [0.25, 0.3) is 11.8 Å². The molecule has 2 amide bonds. The maximum atomic E-state index is 12.7. The van der Waals surface area contributed by atoms with Gasteiger partial charge in [0.05, 0.1) is 24.5 Å². The van der Waals surface area contributed by atoms with Crippen LogP contribution in [-0.4, -0.2) is 47.8 Å². The van der Waals surface area contributed by atoms with E-state index < -0.39 is 0 Å². The van der Waals surface area contributed by atoms with Gasteiger partial charge in [-0.25, -0.2) is 4.68 Å². The Bertz CT molecular complexity index is 1030. The van der Waals surface area contributed by atoms with Crippen molar-refractivity contribution in [2.24, 2.45) is 0 Å². The number of amides is 2. The summed E-state index contributed by atoms with van der Waals surface area (Å²) in [6.45, 7) is 4.03. The van der Waals surface area contributed by atoms with E-state index >= 15 is 0 Å². The fourth-order valence-electron chi connectivity index (χ4n) is 3.61. The quantitative estimate of drug-likeness (QED) is 0.575. The van der Waals surface area contributed by atoms with Crippen LogP contribution >= 0.6 is 0 Å². The maximum absolute atomic E-state index is 12.7. The first-order chi connectivity index (χ1) is 14.6. The minimum absolute atomic E-state index is 0.0174. The van der Waals surface area contributed by atoms with Gasteiger partial charge in [-0.1, -0.05) is 49.4 Å². The van der Waals surface area contributed by atoms with Crippen LogP contribution in [0.15, 0.2) is 60.7 Å². The van der Waals surface area contributed by atoms with Gasteiger partial charge < -0.3 is 15.5 Å². The normalized spacial score (nSPS) is 16.2. The summed E-state index contributed by atoms with van der Waals surface area (Å²) in [5, 5.41) is 10.5. The molecule has 1 aromatic heterocycles. The SMILES string of the molecule is CCc1ccc(-c2cc(NC(=O)C[NH+]3CCNC(=O)C3)n(-c3ccccc3)n2)cc1. The summed E-state index contributed by atoms with van der Waals surface area (Å²) < 4.78 is 1.75. The van der Waals surface area contributed by atoms with Gasteiger partial charge in [0, 0.05) is 11.6 Å². The first kappa shape index (κ1) is 19.8. The highest BCUT2D eigenvalue weighted by Gasteiger charge is 2.23. The average molecular weight is 404 g/mol. The van der Waals surface area contributed by atoms with Crippen molar-refractivity contribution in [3.63, 3.8) is 0 Å². The van der Waals surface area contributed by atoms with Gasteiger partial charge in [0.15, 0.2) is 13.1 Å². The molecule has 3 N–H and O–H groups in total. The molecule has 1 unspecified atom stereocenters. The molecule has 154 valence electrons. The fourth-order valence-corrected chi connectivity index (χ4v) is 3.61. The van der Waals surface area contributed by atoms with Crippen molar-refractivity contribution in [1.29, 1.82) is 0 Å². The Morgan fingerprint density at radius 2 is 1.93 bits per heavy atom. The van der Waals surface area contributed by atoms with Crippen molar-refractivity contribution in [2.45, 2.75) is 13.3 Å². The van der Waals surface area contributed by atoms with Gasteiger partial charge in [-0.15, -0.1) is 0 Å². The third-order valence-electron chi connectivity index (χ3n) is 5.26. The number of anilines is 1. The number of carbonyl (C=O) groups excluding carboxylic acids is 2. The van der Waals surface area contributed by atoms with Crippen molar-refractivity contribution in [3.05, 3.63) is 66.2 Å². The number of nitrogens with one attached hydrogen (secondary N) is 3. The highest BCUT2D eigenvalue weighted by molar-refractivity contribution is 5.91. The zero-order valence-electron chi connectivity index (χ0n) is 17.0.